The predicted molar refractivity (Wildman–Crippen MR) is 144 cm³/mol. The Balaban J connectivity index is 1.57. The van der Waals surface area contributed by atoms with Crippen LogP contribution in [-0.2, 0) is 10.0 Å². The van der Waals surface area contributed by atoms with Crippen LogP contribution in [0.15, 0.2) is 71.6 Å². The average molecular weight is 512 g/mol. The van der Waals surface area contributed by atoms with E-state index in [1.165, 1.54) is 12.1 Å². The Hall–Kier alpha value is -3.43. The van der Waals surface area contributed by atoms with Crippen LogP contribution in [0.2, 0.25) is 0 Å². The van der Waals surface area contributed by atoms with E-state index in [1.807, 2.05) is 26.0 Å². The van der Waals surface area contributed by atoms with E-state index in [0.29, 0.717) is 29.3 Å². The topological polar surface area (TPSA) is 96.5 Å². The number of anilines is 2. The first-order chi connectivity index (χ1) is 16.7. The number of amides is 1. The highest BCUT2D eigenvalue weighted by Gasteiger charge is 2.16. The summed E-state index contributed by atoms with van der Waals surface area (Å²) in [6.45, 7) is 6.53. The molecular weight excluding hydrogens is 482 g/mol. The van der Waals surface area contributed by atoms with Crippen LogP contribution in [-0.4, -0.2) is 26.0 Å². The van der Waals surface area contributed by atoms with Crippen molar-refractivity contribution in [2.45, 2.75) is 38.5 Å². The lowest BCUT2D eigenvalue weighted by molar-refractivity contribution is 0.0977. The highest BCUT2D eigenvalue weighted by atomic mass is 32.2. The molecule has 0 heterocycles. The summed E-state index contributed by atoms with van der Waals surface area (Å²) in [5, 5.41) is 5.61. The van der Waals surface area contributed by atoms with E-state index in [9.17, 15) is 13.2 Å². The summed E-state index contributed by atoms with van der Waals surface area (Å²) in [6.07, 6.45) is 2.02. The molecule has 0 unspecified atom stereocenters. The number of carbonyl (C=O) groups excluding carboxylic acids is 1. The number of hydrogen-bond donors (Lipinski definition) is 3. The van der Waals surface area contributed by atoms with Crippen molar-refractivity contribution < 1.29 is 17.9 Å². The van der Waals surface area contributed by atoms with Gasteiger partial charge in [0.1, 0.15) is 5.75 Å². The maximum Gasteiger partial charge on any atom is 0.261 e. The third-order valence-electron chi connectivity index (χ3n) is 5.16. The molecule has 0 aromatic heterocycles. The molecule has 0 spiro atoms. The molecule has 0 radical (unpaired) electrons. The molecule has 0 atom stereocenters. The number of unbranched alkanes of at least 4 members (excludes halogenated alkanes) is 1. The lowest BCUT2D eigenvalue weighted by Gasteiger charge is -2.13. The standard InChI is InChI=1S/C26H29N3O4S2/c1-4-5-16-33-22-11-7-20(8-12-22)25(30)28-26(34)27-21-9-13-23(14-10-21)35(31,32)29-24-15-6-18(2)17-19(24)3/h6-15,17,29H,4-5,16H2,1-3H3,(H2,27,28,30,34). The minimum absolute atomic E-state index is 0.0993. The van der Waals surface area contributed by atoms with Crippen LogP contribution in [0, 0.1) is 13.8 Å². The van der Waals surface area contributed by atoms with Gasteiger partial charge in [-0.3, -0.25) is 14.8 Å². The van der Waals surface area contributed by atoms with Crippen LogP contribution in [0.1, 0.15) is 41.3 Å². The van der Waals surface area contributed by atoms with Crippen LogP contribution in [0.3, 0.4) is 0 Å². The molecule has 3 aromatic carbocycles. The monoisotopic (exact) mass is 511 g/mol. The summed E-state index contributed by atoms with van der Waals surface area (Å²) < 4.78 is 33.7. The van der Waals surface area contributed by atoms with Crippen LogP contribution >= 0.6 is 12.2 Å². The molecule has 1 amide bonds. The van der Waals surface area contributed by atoms with E-state index in [2.05, 4.69) is 22.3 Å². The maximum atomic E-state index is 12.7. The minimum Gasteiger partial charge on any atom is -0.494 e. The SMILES string of the molecule is CCCCOc1ccc(C(=O)NC(=S)Nc2ccc(S(=O)(=O)Nc3ccc(C)cc3C)cc2)cc1. The van der Waals surface area contributed by atoms with Crippen molar-refractivity contribution in [3.63, 3.8) is 0 Å². The number of carbonyl (C=O) groups is 1. The van der Waals surface area contributed by atoms with Crippen LogP contribution in [0.25, 0.3) is 0 Å². The third-order valence-corrected chi connectivity index (χ3v) is 6.74. The number of rotatable bonds is 9. The molecule has 7 nitrogen and oxygen atoms in total. The molecule has 3 aromatic rings. The molecule has 0 bridgehead atoms. The van der Waals surface area contributed by atoms with Gasteiger partial charge in [0.2, 0.25) is 0 Å². The Morgan fingerprint density at radius 1 is 0.971 bits per heavy atom. The first-order valence-electron chi connectivity index (χ1n) is 11.2. The molecule has 0 fully saturated rings. The molecule has 0 aliphatic heterocycles. The molecule has 0 aliphatic carbocycles. The molecule has 0 saturated carbocycles. The van der Waals surface area contributed by atoms with Gasteiger partial charge in [-0.2, -0.15) is 0 Å². The Morgan fingerprint density at radius 3 is 2.29 bits per heavy atom. The normalized spacial score (nSPS) is 10.9. The van der Waals surface area contributed by atoms with E-state index in [-0.39, 0.29) is 15.9 Å². The number of aryl methyl sites for hydroxylation is 2. The predicted octanol–water partition coefficient (Wildman–Crippen LogP) is 5.41. The number of nitrogens with one attached hydrogen (secondary N) is 3. The van der Waals surface area contributed by atoms with Gasteiger partial charge in [0.25, 0.3) is 15.9 Å². The van der Waals surface area contributed by atoms with Crippen LogP contribution in [0.4, 0.5) is 11.4 Å². The van der Waals surface area contributed by atoms with Crippen molar-refractivity contribution in [3.05, 3.63) is 83.4 Å². The largest absolute Gasteiger partial charge is 0.494 e. The average Bonchev–Trinajstić information content (AvgIpc) is 2.82. The molecule has 0 aliphatic rings. The van der Waals surface area contributed by atoms with Crippen molar-refractivity contribution in [2.24, 2.45) is 0 Å². The molecule has 35 heavy (non-hydrogen) atoms. The Kier molecular flexibility index (Phi) is 8.84. The molecule has 3 rings (SSSR count). The Bertz CT molecular complexity index is 1290. The fourth-order valence-corrected chi connectivity index (χ4v) is 4.57. The number of sulfonamides is 1. The highest BCUT2D eigenvalue weighted by molar-refractivity contribution is 7.92. The van der Waals surface area contributed by atoms with Gasteiger partial charge in [-0.05, 0) is 92.6 Å². The fraction of sp³-hybridized carbons (Fsp3) is 0.231. The zero-order chi connectivity index (χ0) is 25.4. The van der Waals surface area contributed by atoms with Crippen molar-refractivity contribution in [2.75, 3.05) is 16.6 Å². The van der Waals surface area contributed by atoms with Gasteiger partial charge < -0.3 is 10.1 Å². The highest BCUT2D eigenvalue weighted by Crippen LogP contribution is 2.22. The second-order valence-electron chi connectivity index (χ2n) is 8.08. The van der Waals surface area contributed by atoms with E-state index >= 15 is 0 Å². The van der Waals surface area contributed by atoms with Gasteiger partial charge in [0, 0.05) is 11.3 Å². The summed E-state index contributed by atoms with van der Waals surface area (Å²) in [5.74, 6) is 0.345. The van der Waals surface area contributed by atoms with Crippen molar-refractivity contribution in [1.29, 1.82) is 0 Å². The zero-order valence-electron chi connectivity index (χ0n) is 19.9. The van der Waals surface area contributed by atoms with Gasteiger partial charge in [-0.1, -0.05) is 31.0 Å². The van der Waals surface area contributed by atoms with Gasteiger partial charge in [-0.15, -0.1) is 0 Å². The quantitative estimate of drug-likeness (QED) is 0.263. The van der Waals surface area contributed by atoms with Gasteiger partial charge in [0.05, 0.1) is 17.2 Å². The number of benzene rings is 3. The van der Waals surface area contributed by atoms with E-state index < -0.39 is 10.0 Å². The summed E-state index contributed by atoms with van der Waals surface area (Å²) in [7, 11) is -3.75. The number of hydrogen-bond acceptors (Lipinski definition) is 5. The summed E-state index contributed by atoms with van der Waals surface area (Å²) in [4.78, 5) is 12.6. The number of ether oxygens (including phenoxy) is 1. The van der Waals surface area contributed by atoms with Gasteiger partial charge >= 0.3 is 0 Å². The fourth-order valence-electron chi connectivity index (χ4n) is 3.22. The third kappa shape index (κ3) is 7.53. The lowest BCUT2D eigenvalue weighted by atomic mass is 10.1. The second kappa shape index (κ2) is 11.8. The molecule has 0 saturated heterocycles. The maximum absolute atomic E-state index is 12.7. The van der Waals surface area contributed by atoms with Crippen molar-refractivity contribution in [1.82, 2.24) is 5.32 Å². The molecular formula is C26H29N3O4S2. The first-order valence-corrected chi connectivity index (χ1v) is 13.1. The summed E-state index contributed by atoms with van der Waals surface area (Å²) in [6, 6.07) is 18.4. The van der Waals surface area contributed by atoms with Crippen molar-refractivity contribution >= 4 is 44.6 Å². The Labute approximate surface area is 212 Å². The van der Waals surface area contributed by atoms with E-state index in [1.54, 1.807) is 42.5 Å². The molecule has 9 heteroatoms. The van der Waals surface area contributed by atoms with Gasteiger partial charge in [0.15, 0.2) is 5.11 Å². The summed E-state index contributed by atoms with van der Waals surface area (Å²) >= 11 is 5.23. The zero-order valence-corrected chi connectivity index (χ0v) is 21.6. The lowest BCUT2D eigenvalue weighted by Crippen LogP contribution is -2.34. The summed E-state index contributed by atoms with van der Waals surface area (Å²) in [5.41, 5.74) is 3.41. The Morgan fingerprint density at radius 2 is 1.66 bits per heavy atom. The first kappa shape index (κ1) is 26.2. The van der Waals surface area contributed by atoms with E-state index in [0.717, 1.165) is 24.0 Å². The second-order valence-corrected chi connectivity index (χ2v) is 10.2. The number of thiocarbonyl (C=S) groups is 1. The van der Waals surface area contributed by atoms with Crippen LogP contribution < -0.4 is 20.1 Å². The van der Waals surface area contributed by atoms with Crippen LogP contribution in [0.5, 0.6) is 5.75 Å². The van der Waals surface area contributed by atoms with E-state index in [4.69, 9.17) is 17.0 Å². The minimum atomic E-state index is -3.75. The van der Waals surface area contributed by atoms with Crippen molar-refractivity contribution in [3.8, 4) is 5.75 Å². The molecule has 3 N–H and O–H groups in total. The van der Waals surface area contributed by atoms with Gasteiger partial charge in [-0.25, -0.2) is 8.42 Å². The molecule has 184 valence electrons. The smallest absolute Gasteiger partial charge is 0.261 e.